The van der Waals surface area contributed by atoms with E-state index in [-0.39, 0.29) is 0 Å². The molecule has 230 valence electrons. The number of allylic oxidation sites excluding steroid dienone is 4. The second kappa shape index (κ2) is 11.1. The van der Waals surface area contributed by atoms with Crippen molar-refractivity contribution in [3.05, 3.63) is 175 Å². The molecule has 1 atom stereocenters. The Balaban J connectivity index is 1.13. The van der Waals surface area contributed by atoms with Gasteiger partial charge >= 0.3 is 0 Å². The average molecular weight is 627 g/mol. The molecule has 0 bridgehead atoms. The fraction of sp³-hybridized carbons (Fsp3) is 0.0444. The minimum atomic E-state index is 0.348. The third-order valence-electron chi connectivity index (χ3n) is 9.98. The minimum absolute atomic E-state index is 0.348. The number of hydrogen-bond acceptors (Lipinski definition) is 4. The largest absolute Gasteiger partial charge is 0.313 e. The van der Waals surface area contributed by atoms with E-state index in [0.29, 0.717) is 23.4 Å². The first kappa shape index (κ1) is 27.7. The molecule has 0 saturated heterocycles. The lowest BCUT2D eigenvalue weighted by Gasteiger charge is -2.25. The van der Waals surface area contributed by atoms with Crippen molar-refractivity contribution in [2.24, 2.45) is 0 Å². The molecule has 1 aromatic heterocycles. The highest BCUT2D eigenvalue weighted by molar-refractivity contribution is 6.13. The summed E-state index contributed by atoms with van der Waals surface area (Å²) in [7, 11) is 0. The number of rotatable bonds is 4. The summed E-state index contributed by atoms with van der Waals surface area (Å²) in [5, 5.41) is 7.22. The lowest BCUT2D eigenvalue weighted by atomic mass is 9.91. The minimum Gasteiger partial charge on any atom is -0.313 e. The van der Waals surface area contributed by atoms with Crippen molar-refractivity contribution in [3.8, 4) is 34.2 Å². The molecule has 4 heteroatoms. The van der Waals surface area contributed by atoms with Gasteiger partial charge in [-0.25, -0.2) is 15.0 Å². The zero-order valence-electron chi connectivity index (χ0n) is 26.7. The average Bonchev–Trinajstić information content (AvgIpc) is 3.53. The van der Waals surface area contributed by atoms with Crippen LogP contribution in [-0.4, -0.2) is 15.0 Å². The molecular formula is C45H30N4. The Bertz CT molecular complexity index is 2640. The van der Waals surface area contributed by atoms with Crippen LogP contribution in [0.3, 0.4) is 0 Å². The van der Waals surface area contributed by atoms with Crippen LogP contribution in [0.1, 0.15) is 17.9 Å². The van der Waals surface area contributed by atoms with Gasteiger partial charge in [0.15, 0.2) is 17.5 Å². The van der Waals surface area contributed by atoms with Crippen molar-refractivity contribution in [2.75, 3.05) is 4.90 Å². The SMILES string of the molecule is C1=CCC2C(=C1)N(c1ccc(-c3nc(-c4ccccc4)nc(-c4cc5ccccc5c5ccccc45)n3)cc1)c1c2ccc2ccccc12. The lowest BCUT2D eigenvalue weighted by molar-refractivity contribution is 0.820. The second-order valence-electron chi connectivity index (χ2n) is 12.8. The molecule has 0 radical (unpaired) electrons. The Morgan fingerprint density at radius 1 is 0.510 bits per heavy atom. The quantitative estimate of drug-likeness (QED) is 0.182. The predicted molar refractivity (Wildman–Crippen MR) is 202 cm³/mol. The van der Waals surface area contributed by atoms with Crippen LogP contribution in [-0.2, 0) is 0 Å². The van der Waals surface area contributed by atoms with Crippen LogP contribution in [0.5, 0.6) is 0 Å². The molecule has 1 aliphatic carbocycles. The Hall–Kier alpha value is -6.39. The van der Waals surface area contributed by atoms with E-state index >= 15 is 0 Å². The van der Waals surface area contributed by atoms with E-state index < -0.39 is 0 Å². The Morgan fingerprint density at radius 2 is 1.14 bits per heavy atom. The van der Waals surface area contributed by atoms with E-state index in [1.54, 1.807) is 0 Å². The first-order valence-corrected chi connectivity index (χ1v) is 16.8. The summed E-state index contributed by atoms with van der Waals surface area (Å²) in [5.74, 6) is 2.32. The van der Waals surface area contributed by atoms with Crippen LogP contribution in [0.25, 0.3) is 66.5 Å². The maximum absolute atomic E-state index is 5.17. The van der Waals surface area contributed by atoms with Crippen molar-refractivity contribution >= 4 is 43.7 Å². The molecule has 49 heavy (non-hydrogen) atoms. The molecule has 8 aromatic rings. The van der Waals surface area contributed by atoms with Crippen molar-refractivity contribution in [3.63, 3.8) is 0 Å². The van der Waals surface area contributed by atoms with Crippen LogP contribution in [0.4, 0.5) is 11.4 Å². The number of benzene rings is 7. The number of aromatic nitrogens is 3. The first-order valence-electron chi connectivity index (χ1n) is 16.8. The van der Waals surface area contributed by atoms with Gasteiger partial charge in [0.05, 0.1) is 5.69 Å². The van der Waals surface area contributed by atoms with E-state index in [4.69, 9.17) is 15.0 Å². The zero-order chi connectivity index (χ0) is 32.3. The number of anilines is 2. The van der Waals surface area contributed by atoms with Crippen molar-refractivity contribution < 1.29 is 0 Å². The molecule has 0 fully saturated rings. The topological polar surface area (TPSA) is 41.9 Å². The second-order valence-corrected chi connectivity index (χ2v) is 12.8. The summed E-state index contributed by atoms with van der Waals surface area (Å²) in [6.07, 6.45) is 7.75. The van der Waals surface area contributed by atoms with E-state index in [1.165, 1.54) is 38.5 Å². The molecule has 10 rings (SSSR count). The van der Waals surface area contributed by atoms with Crippen molar-refractivity contribution in [1.82, 2.24) is 15.0 Å². The van der Waals surface area contributed by atoms with E-state index in [0.717, 1.165) is 39.6 Å². The Labute approximate surface area is 284 Å². The molecule has 0 saturated carbocycles. The lowest BCUT2D eigenvalue weighted by Crippen LogP contribution is -2.14. The molecule has 1 aliphatic heterocycles. The van der Waals surface area contributed by atoms with E-state index in [1.807, 2.05) is 18.2 Å². The van der Waals surface area contributed by atoms with Gasteiger partial charge in [0.2, 0.25) is 0 Å². The van der Waals surface area contributed by atoms with Gasteiger partial charge in [0.25, 0.3) is 0 Å². The third-order valence-corrected chi connectivity index (χ3v) is 9.98. The summed E-state index contributed by atoms with van der Waals surface area (Å²) < 4.78 is 0. The van der Waals surface area contributed by atoms with Gasteiger partial charge in [-0.15, -0.1) is 0 Å². The first-order chi connectivity index (χ1) is 24.3. The zero-order valence-corrected chi connectivity index (χ0v) is 26.7. The fourth-order valence-electron chi connectivity index (χ4n) is 7.69. The number of fused-ring (bicyclic) bond motifs is 8. The predicted octanol–water partition coefficient (Wildman–Crippen LogP) is 11.4. The Morgan fingerprint density at radius 3 is 1.94 bits per heavy atom. The molecular weight excluding hydrogens is 597 g/mol. The summed E-state index contributed by atoms with van der Waals surface area (Å²) in [6, 6.07) is 51.4. The van der Waals surface area contributed by atoms with Crippen molar-refractivity contribution in [1.29, 1.82) is 0 Å². The molecule has 4 nitrogen and oxygen atoms in total. The maximum atomic E-state index is 5.17. The van der Waals surface area contributed by atoms with Gasteiger partial charge in [-0.1, -0.05) is 127 Å². The Kier molecular flexibility index (Phi) is 6.28. The van der Waals surface area contributed by atoms with Gasteiger partial charge in [-0.3, -0.25) is 0 Å². The summed E-state index contributed by atoms with van der Waals surface area (Å²) >= 11 is 0. The molecule has 2 heterocycles. The normalized spacial score (nSPS) is 15.1. The van der Waals surface area contributed by atoms with Crippen LogP contribution in [0, 0.1) is 0 Å². The van der Waals surface area contributed by atoms with Gasteiger partial charge < -0.3 is 4.90 Å². The maximum Gasteiger partial charge on any atom is 0.164 e. The summed E-state index contributed by atoms with van der Waals surface area (Å²) in [4.78, 5) is 17.8. The molecule has 0 N–H and O–H groups in total. The number of nitrogens with zero attached hydrogens (tertiary/aromatic N) is 4. The molecule has 7 aromatic carbocycles. The summed E-state index contributed by atoms with van der Waals surface area (Å²) in [5.41, 5.74) is 8.01. The van der Waals surface area contributed by atoms with Gasteiger partial charge in [-0.05, 0) is 75.3 Å². The smallest absolute Gasteiger partial charge is 0.164 e. The highest BCUT2D eigenvalue weighted by Crippen LogP contribution is 2.53. The van der Waals surface area contributed by atoms with Crippen LogP contribution in [0.2, 0.25) is 0 Å². The van der Waals surface area contributed by atoms with Gasteiger partial charge in [0, 0.05) is 39.4 Å². The molecule has 0 spiro atoms. The highest BCUT2D eigenvalue weighted by Gasteiger charge is 2.36. The third kappa shape index (κ3) is 4.49. The van der Waals surface area contributed by atoms with Crippen LogP contribution < -0.4 is 4.90 Å². The standard InChI is InChI=1S/C45H30N4/c1-2-13-30(14-3-1)43-46-44(48-45(47-43)40-28-32-15-5-6-16-34(32)36-18-8-9-19-37(36)40)31-22-25-33(26-23-31)49-41-21-11-10-20-38(41)39-27-24-29-12-4-7-17-35(29)42(39)49/h1-19,21-28,38H,20H2. The molecule has 1 unspecified atom stereocenters. The molecule has 2 aliphatic rings. The van der Waals surface area contributed by atoms with Gasteiger partial charge in [-0.2, -0.15) is 0 Å². The highest BCUT2D eigenvalue weighted by atomic mass is 15.2. The van der Waals surface area contributed by atoms with E-state index in [2.05, 4.69) is 151 Å². The number of hydrogen-bond donors (Lipinski definition) is 0. The fourth-order valence-corrected chi connectivity index (χ4v) is 7.69. The monoisotopic (exact) mass is 626 g/mol. The van der Waals surface area contributed by atoms with E-state index in [9.17, 15) is 0 Å². The van der Waals surface area contributed by atoms with Crippen molar-refractivity contribution in [2.45, 2.75) is 12.3 Å². The van der Waals surface area contributed by atoms with Crippen LogP contribution in [0.15, 0.2) is 170 Å². The summed E-state index contributed by atoms with van der Waals surface area (Å²) in [6.45, 7) is 0. The van der Waals surface area contributed by atoms with Crippen LogP contribution >= 0.6 is 0 Å². The van der Waals surface area contributed by atoms with Gasteiger partial charge in [0.1, 0.15) is 0 Å². The molecule has 0 amide bonds.